The van der Waals surface area contributed by atoms with Gasteiger partial charge in [-0.3, -0.25) is 0 Å². The topological polar surface area (TPSA) is 66.7 Å². The average molecular weight is 309 g/mol. The fourth-order valence-corrected chi connectivity index (χ4v) is 2.90. The number of aromatic amines is 1. The van der Waals surface area contributed by atoms with E-state index in [0.29, 0.717) is 11.0 Å². The number of fused-ring (bicyclic) bond motifs is 3. The number of rotatable bonds is 2. The van der Waals surface area contributed by atoms with Crippen LogP contribution in [0.1, 0.15) is 0 Å². The third kappa shape index (κ3) is 2.14. The number of nitrogens with two attached hydrogens (primary N) is 1. The van der Waals surface area contributed by atoms with Crippen molar-refractivity contribution < 1.29 is 0 Å². The number of nitrogens with zero attached hydrogens (tertiary/aromatic N) is 1. The summed E-state index contributed by atoms with van der Waals surface area (Å²) in [5, 5.41) is 6.26. The van der Waals surface area contributed by atoms with Gasteiger partial charge in [-0.05, 0) is 35.0 Å². The summed E-state index contributed by atoms with van der Waals surface area (Å²) in [5.74, 6) is 1.09. The smallest absolute Gasteiger partial charge is 0.199 e. The second kappa shape index (κ2) is 4.93. The molecule has 4 nitrogen and oxygen atoms in total. The average Bonchev–Trinajstić information content (AvgIpc) is 2.85. The van der Waals surface area contributed by atoms with Crippen LogP contribution < -0.4 is 11.1 Å². The monoisotopic (exact) mass is 308 g/mol. The van der Waals surface area contributed by atoms with Crippen molar-refractivity contribution in [1.29, 1.82) is 0 Å². The molecule has 0 fully saturated rings. The van der Waals surface area contributed by atoms with Crippen molar-refractivity contribution in [2.45, 2.75) is 0 Å². The van der Waals surface area contributed by atoms with Gasteiger partial charge in [0, 0.05) is 16.3 Å². The maximum atomic E-state index is 6.04. The van der Waals surface area contributed by atoms with Crippen LogP contribution in [-0.2, 0) is 0 Å². The number of benzene rings is 2. The van der Waals surface area contributed by atoms with E-state index in [9.17, 15) is 0 Å². The fraction of sp³-hybridized carbons (Fsp3) is 0. The van der Waals surface area contributed by atoms with Crippen molar-refractivity contribution in [2.75, 3.05) is 11.1 Å². The summed E-state index contributed by atoms with van der Waals surface area (Å²) in [5.41, 5.74) is 8.74. The molecule has 0 bridgehead atoms. The van der Waals surface area contributed by atoms with Gasteiger partial charge in [-0.2, -0.15) is 4.98 Å². The first-order valence-electron chi connectivity index (χ1n) is 6.90. The molecule has 0 aromatic heterocycles. The Hall–Kier alpha value is -2.72. The van der Waals surface area contributed by atoms with Crippen molar-refractivity contribution in [1.82, 2.24) is 9.97 Å². The lowest BCUT2D eigenvalue weighted by Crippen LogP contribution is -2.03. The highest BCUT2D eigenvalue weighted by Crippen LogP contribution is 2.39. The third-order valence-electron chi connectivity index (χ3n) is 3.62. The molecule has 0 saturated heterocycles. The number of H-pyrrole nitrogens is 1. The number of halogens is 1. The number of nitrogen functional groups attached to an aromatic ring is 1. The van der Waals surface area contributed by atoms with Crippen LogP contribution in [-0.4, -0.2) is 9.97 Å². The van der Waals surface area contributed by atoms with E-state index in [1.807, 2.05) is 36.4 Å². The van der Waals surface area contributed by atoms with E-state index in [0.717, 1.165) is 33.5 Å². The van der Waals surface area contributed by atoms with Gasteiger partial charge in [-0.25, -0.2) is 0 Å². The first kappa shape index (κ1) is 13.0. The number of nitrogens with one attached hydrogen (secondary N) is 2. The summed E-state index contributed by atoms with van der Waals surface area (Å²) >= 11 is 6.04. The lowest BCUT2D eigenvalue weighted by Gasteiger charge is -2.12. The summed E-state index contributed by atoms with van der Waals surface area (Å²) in [6.07, 6.45) is 0. The summed E-state index contributed by atoms with van der Waals surface area (Å²) in [7, 11) is 0. The van der Waals surface area contributed by atoms with Gasteiger partial charge in [0.05, 0.1) is 5.69 Å². The summed E-state index contributed by atoms with van der Waals surface area (Å²) < 4.78 is 0. The molecule has 0 amide bonds. The van der Waals surface area contributed by atoms with E-state index in [-0.39, 0.29) is 0 Å². The van der Waals surface area contributed by atoms with E-state index in [1.165, 1.54) is 0 Å². The molecule has 5 heteroatoms. The third-order valence-corrected chi connectivity index (χ3v) is 3.85. The second-order valence-corrected chi connectivity index (χ2v) is 5.56. The quantitative estimate of drug-likeness (QED) is 0.505. The van der Waals surface area contributed by atoms with E-state index >= 15 is 0 Å². The molecule has 0 atom stereocenters. The lowest BCUT2D eigenvalue weighted by atomic mass is 10.1. The Morgan fingerprint density at radius 2 is 1.91 bits per heavy atom. The molecule has 0 unspecified atom stereocenters. The summed E-state index contributed by atoms with van der Waals surface area (Å²) in [6, 6.07) is 17.8. The number of aromatic nitrogens is 2. The standard InChI is InChI=1S/C17H13ClN4/c18-11-5-3-6-12(9-11)20-16-15-13-7-2-1-4-10(13)8-14(15)21-17(19)22-16/h1-9,20H,(H3,19,21,22). The van der Waals surface area contributed by atoms with Crippen LogP contribution >= 0.6 is 11.6 Å². The number of hydrogen-bond donors (Lipinski definition) is 3. The lowest BCUT2D eigenvalue weighted by molar-refractivity contribution is 1.19. The molecule has 0 spiro atoms. The predicted molar refractivity (Wildman–Crippen MR) is 91.9 cm³/mol. The zero-order chi connectivity index (χ0) is 15.1. The predicted octanol–water partition coefficient (Wildman–Crippen LogP) is 4.65. The van der Waals surface area contributed by atoms with Crippen LogP contribution in [0.2, 0.25) is 5.02 Å². The van der Waals surface area contributed by atoms with E-state index in [4.69, 9.17) is 17.3 Å². The van der Waals surface area contributed by atoms with Gasteiger partial charge in [-0.1, -0.05) is 41.9 Å². The minimum absolute atomic E-state index is 0.368. The Labute approximate surface area is 132 Å². The second-order valence-electron chi connectivity index (χ2n) is 5.13. The SMILES string of the molecule is Nc1nc(Nc2cccc(Cl)c2)c2c3ccccc3cc-2[nH]1. The van der Waals surface area contributed by atoms with Crippen molar-refractivity contribution in [3.05, 3.63) is 59.6 Å². The molecule has 1 aliphatic heterocycles. The molecule has 0 radical (unpaired) electrons. The summed E-state index contributed by atoms with van der Waals surface area (Å²) in [6.45, 7) is 0. The zero-order valence-corrected chi connectivity index (χ0v) is 12.4. The van der Waals surface area contributed by atoms with Crippen LogP contribution in [0.5, 0.6) is 0 Å². The molecule has 2 aromatic carbocycles. The minimum Gasteiger partial charge on any atom is -0.369 e. The van der Waals surface area contributed by atoms with Gasteiger partial charge in [0.1, 0.15) is 5.82 Å². The molecule has 0 saturated carbocycles. The minimum atomic E-state index is 0.368. The molecule has 1 aliphatic carbocycles. The van der Waals surface area contributed by atoms with Crippen LogP contribution in [0.3, 0.4) is 0 Å². The molecular weight excluding hydrogens is 296 g/mol. The van der Waals surface area contributed by atoms with Gasteiger partial charge < -0.3 is 16.0 Å². The molecule has 1 heterocycles. The van der Waals surface area contributed by atoms with Crippen LogP contribution in [0.4, 0.5) is 17.5 Å². The maximum Gasteiger partial charge on any atom is 0.199 e. The highest BCUT2D eigenvalue weighted by atomic mass is 35.5. The normalized spacial score (nSPS) is 11.1. The van der Waals surface area contributed by atoms with E-state index in [1.54, 1.807) is 0 Å². The van der Waals surface area contributed by atoms with Gasteiger partial charge in [0.2, 0.25) is 0 Å². The number of hydrogen-bond acceptors (Lipinski definition) is 3. The van der Waals surface area contributed by atoms with E-state index < -0.39 is 0 Å². The van der Waals surface area contributed by atoms with Gasteiger partial charge in [0.15, 0.2) is 5.95 Å². The van der Waals surface area contributed by atoms with Crippen molar-refractivity contribution in [3.8, 4) is 11.3 Å². The Morgan fingerprint density at radius 3 is 2.77 bits per heavy atom. The highest BCUT2D eigenvalue weighted by molar-refractivity contribution is 6.30. The van der Waals surface area contributed by atoms with Crippen molar-refractivity contribution in [2.24, 2.45) is 0 Å². The molecule has 22 heavy (non-hydrogen) atoms. The van der Waals surface area contributed by atoms with Gasteiger partial charge in [0.25, 0.3) is 0 Å². The highest BCUT2D eigenvalue weighted by Gasteiger charge is 2.17. The largest absolute Gasteiger partial charge is 0.369 e. The van der Waals surface area contributed by atoms with Crippen LogP contribution in [0, 0.1) is 0 Å². The van der Waals surface area contributed by atoms with Crippen LogP contribution in [0.25, 0.3) is 22.0 Å². The molecule has 2 aliphatic rings. The Balaban J connectivity index is 1.93. The number of anilines is 3. The van der Waals surface area contributed by atoms with E-state index in [2.05, 4.69) is 33.5 Å². The summed E-state index contributed by atoms with van der Waals surface area (Å²) in [4.78, 5) is 7.53. The fourth-order valence-electron chi connectivity index (χ4n) is 2.71. The van der Waals surface area contributed by atoms with Gasteiger partial charge in [-0.15, -0.1) is 0 Å². The van der Waals surface area contributed by atoms with Crippen molar-refractivity contribution >= 4 is 39.8 Å². The van der Waals surface area contributed by atoms with Crippen molar-refractivity contribution in [3.63, 3.8) is 0 Å². The molecule has 2 aromatic rings. The molecule has 4 rings (SSSR count). The van der Waals surface area contributed by atoms with Gasteiger partial charge >= 0.3 is 0 Å². The Bertz CT molecular complexity index is 945. The molecule has 108 valence electrons. The first-order valence-corrected chi connectivity index (χ1v) is 7.28. The first-order chi connectivity index (χ1) is 10.7. The maximum absolute atomic E-state index is 6.04. The Kier molecular flexibility index (Phi) is 2.91. The molecule has 4 N–H and O–H groups in total. The Morgan fingerprint density at radius 1 is 1.05 bits per heavy atom. The molecular formula is C17H13ClN4. The van der Waals surface area contributed by atoms with Crippen LogP contribution in [0.15, 0.2) is 54.6 Å². The zero-order valence-electron chi connectivity index (χ0n) is 11.6.